The zero-order valence-corrected chi connectivity index (χ0v) is 14.4. The van der Waals surface area contributed by atoms with Crippen LogP contribution in [0.4, 0.5) is 0 Å². The number of hydrogen-bond donors (Lipinski definition) is 1. The maximum absolute atomic E-state index is 12.5. The molecule has 25 heavy (non-hydrogen) atoms. The van der Waals surface area contributed by atoms with Gasteiger partial charge in [0.1, 0.15) is 24.0 Å². The standard InChI is InChI=1S/C17H22N4O4/c1-11-7-14(13-3-5-24-6-4-13)25-17(23)15(11)16(22)20-12(2)8-21-10-18-9-19-21/h7,9-10,12-13H,3-6,8H2,1-2H3,(H,20,22). The molecular weight excluding hydrogens is 324 g/mol. The van der Waals surface area contributed by atoms with Gasteiger partial charge in [-0.2, -0.15) is 5.10 Å². The summed E-state index contributed by atoms with van der Waals surface area (Å²) in [6.07, 6.45) is 4.65. The van der Waals surface area contributed by atoms with Gasteiger partial charge in [-0.05, 0) is 38.3 Å². The van der Waals surface area contributed by atoms with E-state index in [2.05, 4.69) is 15.4 Å². The molecule has 1 N–H and O–H groups in total. The van der Waals surface area contributed by atoms with Crippen LogP contribution < -0.4 is 10.9 Å². The lowest BCUT2D eigenvalue weighted by molar-refractivity contribution is 0.0795. The summed E-state index contributed by atoms with van der Waals surface area (Å²) in [6, 6.07) is 1.59. The number of carbonyl (C=O) groups is 1. The summed E-state index contributed by atoms with van der Waals surface area (Å²) < 4.78 is 12.4. The molecule has 0 radical (unpaired) electrons. The van der Waals surface area contributed by atoms with E-state index in [0.29, 0.717) is 31.1 Å². The molecule has 134 valence electrons. The number of aryl methyl sites for hydroxylation is 1. The zero-order chi connectivity index (χ0) is 17.8. The average Bonchev–Trinajstić information content (AvgIpc) is 3.07. The molecule has 8 heteroatoms. The first-order chi connectivity index (χ1) is 12.0. The van der Waals surface area contributed by atoms with Gasteiger partial charge in [0.2, 0.25) is 0 Å². The van der Waals surface area contributed by atoms with Gasteiger partial charge >= 0.3 is 5.63 Å². The molecule has 3 rings (SSSR count). The molecule has 2 aromatic heterocycles. The van der Waals surface area contributed by atoms with Crippen molar-refractivity contribution in [1.29, 1.82) is 0 Å². The van der Waals surface area contributed by atoms with Gasteiger partial charge in [-0.15, -0.1) is 0 Å². The number of nitrogens with one attached hydrogen (secondary N) is 1. The second-order valence-electron chi connectivity index (χ2n) is 6.37. The molecule has 2 aromatic rings. The lowest BCUT2D eigenvalue weighted by Gasteiger charge is -2.21. The molecule has 1 fully saturated rings. The van der Waals surface area contributed by atoms with Crippen molar-refractivity contribution in [2.75, 3.05) is 13.2 Å². The van der Waals surface area contributed by atoms with E-state index in [4.69, 9.17) is 9.15 Å². The van der Waals surface area contributed by atoms with Crippen LogP contribution in [0, 0.1) is 6.92 Å². The summed E-state index contributed by atoms with van der Waals surface area (Å²) in [5, 5.41) is 6.81. The minimum absolute atomic E-state index is 0.0567. The van der Waals surface area contributed by atoms with Gasteiger partial charge in [0, 0.05) is 25.2 Å². The van der Waals surface area contributed by atoms with E-state index in [0.717, 1.165) is 12.8 Å². The first-order valence-electron chi connectivity index (χ1n) is 8.40. The molecule has 1 saturated heterocycles. The van der Waals surface area contributed by atoms with E-state index in [9.17, 15) is 9.59 Å². The minimum atomic E-state index is -0.591. The fraction of sp³-hybridized carbons (Fsp3) is 0.529. The van der Waals surface area contributed by atoms with Crippen molar-refractivity contribution >= 4 is 5.91 Å². The monoisotopic (exact) mass is 346 g/mol. The van der Waals surface area contributed by atoms with Crippen LogP contribution in [0.1, 0.15) is 47.4 Å². The van der Waals surface area contributed by atoms with Crippen molar-refractivity contribution < 1.29 is 13.9 Å². The molecule has 1 aliphatic heterocycles. The van der Waals surface area contributed by atoms with Crippen LogP contribution in [0.5, 0.6) is 0 Å². The van der Waals surface area contributed by atoms with Crippen molar-refractivity contribution in [3.05, 3.63) is 46.0 Å². The topological polar surface area (TPSA) is 99.2 Å². The molecule has 0 bridgehead atoms. The molecular formula is C17H22N4O4. The van der Waals surface area contributed by atoms with Gasteiger partial charge in [0.25, 0.3) is 5.91 Å². The van der Waals surface area contributed by atoms with Gasteiger partial charge in [0.15, 0.2) is 0 Å². The Morgan fingerprint density at radius 2 is 2.20 bits per heavy atom. The van der Waals surface area contributed by atoms with Crippen molar-refractivity contribution in [3.8, 4) is 0 Å². The van der Waals surface area contributed by atoms with E-state index in [1.165, 1.54) is 6.33 Å². The van der Waals surface area contributed by atoms with Crippen LogP contribution in [-0.4, -0.2) is 39.9 Å². The molecule has 1 aliphatic rings. The first kappa shape index (κ1) is 17.3. The van der Waals surface area contributed by atoms with Crippen molar-refractivity contribution in [2.45, 2.75) is 45.2 Å². The van der Waals surface area contributed by atoms with Gasteiger partial charge in [-0.3, -0.25) is 9.48 Å². The highest BCUT2D eigenvalue weighted by Crippen LogP contribution is 2.27. The number of amides is 1. The largest absolute Gasteiger partial charge is 0.427 e. The van der Waals surface area contributed by atoms with Crippen molar-refractivity contribution in [1.82, 2.24) is 20.1 Å². The van der Waals surface area contributed by atoms with Crippen molar-refractivity contribution in [3.63, 3.8) is 0 Å². The van der Waals surface area contributed by atoms with Gasteiger partial charge in [-0.1, -0.05) is 0 Å². The Morgan fingerprint density at radius 1 is 1.44 bits per heavy atom. The van der Waals surface area contributed by atoms with Crippen LogP contribution >= 0.6 is 0 Å². The normalized spacial score (nSPS) is 16.6. The number of hydrogen-bond acceptors (Lipinski definition) is 6. The van der Waals surface area contributed by atoms with E-state index in [1.54, 1.807) is 24.0 Å². The van der Waals surface area contributed by atoms with Crippen LogP contribution in [0.15, 0.2) is 27.9 Å². The maximum Gasteiger partial charge on any atom is 0.349 e. The Bertz CT molecular complexity index is 778. The summed E-state index contributed by atoms with van der Waals surface area (Å²) in [5.41, 5.74) is 0.0939. The second-order valence-corrected chi connectivity index (χ2v) is 6.37. The Labute approximate surface area is 145 Å². The predicted molar refractivity (Wildman–Crippen MR) is 89.5 cm³/mol. The van der Waals surface area contributed by atoms with Crippen LogP contribution in [-0.2, 0) is 11.3 Å². The third-order valence-electron chi connectivity index (χ3n) is 4.32. The highest BCUT2D eigenvalue weighted by molar-refractivity contribution is 5.95. The summed E-state index contributed by atoms with van der Waals surface area (Å²) >= 11 is 0. The number of nitrogens with zero attached hydrogens (tertiary/aromatic N) is 3. The summed E-state index contributed by atoms with van der Waals surface area (Å²) in [7, 11) is 0. The van der Waals surface area contributed by atoms with Gasteiger partial charge in [-0.25, -0.2) is 9.78 Å². The van der Waals surface area contributed by atoms with Crippen LogP contribution in [0.2, 0.25) is 0 Å². The number of carbonyl (C=O) groups excluding carboxylic acids is 1. The fourth-order valence-electron chi connectivity index (χ4n) is 3.04. The minimum Gasteiger partial charge on any atom is -0.427 e. The zero-order valence-electron chi connectivity index (χ0n) is 14.4. The quantitative estimate of drug-likeness (QED) is 0.875. The molecule has 0 saturated carbocycles. The summed E-state index contributed by atoms with van der Waals surface area (Å²) in [4.78, 5) is 28.7. The molecule has 0 spiro atoms. The number of rotatable bonds is 5. The van der Waals surface area contributed by atoms with Crippen LogP contribution in [0.25, 0.3) is 0 Å². The number of aromatic nitrogens is 3. The number of ether oxygens (including phenoxy) is 1. The van der Waals surface area contributed by atoms with E-state index < -0.39 is 11.5 Å². The van der Waals surface area contributed by atoms with Crippen LogP contribution in [0.3, 0.4) is 0 Å². The Morgan fingerprint density at radius 3 is 2.84 bits per heavy atom. The SMILES string of the molecule is Cc1cc(C2CCOCC2)oc(=O)c1C(=O)NC(C)Cn1cncn1. The molecule has 3 heterocycles. The fourth-order valence-corrected chi connectivity index (χ4v) is 3.04. The maximum atomic E-state index is 12.5. The molecule has 0 aromatic carbocycles. The van der Waals surface area contributed by atoms with E-state index in [-0.39, 0.29) is 17.5 Å². The lowest BCUT2D eigenvalue weighted by atomic mass is 9.95. The Kier molecular flexibility index (Phi) is 5.28. The summed E-state index contributed by atoms with van der Waals surface area (Å²) in [5.74, 6) is 0.374. The van der Waals surface area contributed by atoms with Gasteiger partial charge < -0.3 is 14.5 Å². The molecule has 8 nitrogen and oxygen atoms in total. The second kappa shape index (κ2) is 7.60. The predicted octanol–water partition coefficient (Wildman–Crippen LogP) is 1.25. The highest BCUT2D eigenvalue weighted by atomic mass is 16.5. The average molecular weight is 346 g/mol. The Balaban J connectivity index is 1.72. The first-order valence-corrected chi connectivity index (χ1v) is 8.40. The third-order valence-corrected chi connectivity index (χ3v) is 4.32. The van der Waals surface area contributed by atoms with Gasteiger partial charge in [0.05, 0.1) is 6.54 Å². The van der Waals surface area contributed by atoms with E-state index >= 15 is 0 Å². The molecule has 0 aliphatic carbocycles. The highest BCUT2D eigenvalue weighted by Gasteiger charge is 2.23. The van der Waals surface area contributed by atoms with Crippen molar-refractivity contribution in [2.24, 2.45) is 0 Å². The van der Waals surface area contributed by atoms with E-state index in [1.807, 2.05) is 6.92 Å². The lowest BCUT2D eigenvalue weighted by Crippen LogP contribution is -2.38. The Hall–Kier alpha value is -2.48. The smallest absolute Gasteiger partial charge is 0.349 e. The summed E-state index contributed by atoms with van der Waals surface area (Å²) in [6.45, 7) is 5.39. The third kappa shape index (κ3) is 4.14. The molecule has 1 atom stereocenters. The molecule has 1 unspecified atom stereocenters. The molecule has 1 amide bonds.